The van der Waals surface area contributed by atoms with Gasteiger partial charge in [-0.1, -0.05) is 6.92 Å². The van der Waals surface area contributed by atoms with Crippen molar-refractivity contribution in [1.82, 2.24) is 0 Å². The number of fused-ring (bicyclic) bond motifs is 2. The summed E-state index contributed by atoms with van der Waals surface area (Å²) in [5.41, 5.74) is 5.54. The Morgan fingerprint density at radius 1 is 1.21 bits per heavy atom. The molecule has 0 aromatic carbocycles. The van der Waals surface area contributed by atoms with E-state index in [1.54, 1.807) is 0 Å². The number of aliphatic hydroxyl groups is 1. The highest BCUT2D eigenvalue weighted by Gasteiger charge is 2.59. The molecule has 3 aliphatic carbocycles. The summed E-state index contributed by atoms with van der Waals surface area (Å²) in [4.78, 5) is 0. The van der Waals surface area contributed by atoms with E-state index in [1.807, 2.05) is 0 Å². The molecule has 0 radical (unpaired) electrons. The summed E-state index contributed by atoms with van der Waals surface area (Å²) < 4.78 is 0. The van der Waals surface area contributed by atoms with Gasteiger partial charge in [-0.2, -0.15) is 0 Å². The average molecular weight is 195 g/mol. The first-order valence-corrected chi connectivity index (χ1v) is 6.10. The largest absolute Gasteiger partial charge is 0.392 e. The minimum absolute atomic E-state index is 0.215. The molecule has 3 fully saturated rings. The van der Waals surface area contributed by atoms with Crippen LogP contribution in [-0.2, 0) is 0 Å². The van der Waals surface area contributed by atoms with Gasteiger partial charge in [0.15, 0.2) is 0 Å². The lowest BCUT2D eigenvalue weighted by Crippen LogP contribution is -2.23. The predicted molar refractivity (Wildman–Crippen MR) is 55.5 cm³/mol. The van der Waals surface area contributed by atoms with Gasteiger partial charge in [0.25, 0.3) is 0 Å². The first kappa shape index (κ1) is 9.17. The summed E-state index contributed by atoms with van der Waals surface area (Å²) in [5.74, 6) is 5.16. The van der Waals surface area contributed by atoms with E-state index in [-0.39, 0.29) is 6.10 Å². The Kier molecular flexibility index (Phi) is 1.94. The molecule has 80 valence electrons. The molecule has 0 aliphatic heterocycles. The van der Waals surface area contributed by atoms with Crippen molar-refractivity contribution < 1.29 is 5.11 Å². The summed E-state index contributed by atoms with van der Waals surface area (Å²) in [7, 11) is 0. The quantitative estimate of drug-likeness (QED) is 0.696. The lowest BCUT2D eigenvalue weighted by Gasteiger charge is -2.12. The molecule has 3 saturated carbocycles. The molecule has 3 N–H and O–H groups in total. The van der Waals surface area contributed by atoms with Crippen molar-refractivity contribution in [3.63, 3.8) is 0 Å². The van der Waals surface area contributed by atoms with Gasteiger partial charge in [0.1, 0.15) is 0 Å². The maximum atomic E-state index is 9.78. The normalized spacial score (nSPS) is 56.8. The van der Waals surface area contributed by atoms with E-state index in [0.29, 0.717) is 12.5 Å². The molecule has 2 heteroatoms. The zero-order chi connectivity index (χ0) is 9.87. The van der Waals surface area contributed by atoms with Crippen LogP contribution < -0.4 is 5.73 Å². The van der Waals surface area contributed by atoms with Gasteiger partial charge < -0.3 is 10.8 Å². The van der Waals surface area contributed by atoms with E-state index in [0.717, 1.165) is 29.6 Å². The lowest BCUT2D eigenvalue weighted by atomic mass is 9.97. The van der Waals surface area contributed by atoms with Crippen LogP contribution in [-0.4, -0.2) is 17.8 Å². The minimum Gasteiger partial charge on any atom is -0.392 e. The van der Waals surface area contributed by atoms with Crippen LogP contribution in [0, 0.1) is 35.5 Å². The summed E-state index contributed by atoms with van der Waals surface area (Å²) in [5, 5.41) is 9.78. The molecule has 14 heavy (non-hydrogen) atoms. The van der Waals surface area contributed by atoms with Gasteiger partial charge in [0.2, 0.25) is 0 Å². The zero-order valence-corrected chi connectivity index (χ0v) is 8.89. The number of aliphatic hydroxyl groups excluding tert-OH is 1. The van der Waals surface area contributed by atoms with Crippen molar-refractivity contribution in [1.29, 1.82) is 0 Å². The van der Waals surface area contributed by atoms with Crippen LogP contribution in [0.15, 0.2) is 0 Å². The van der Waals surface area contributed by atoms with Gasteiger partial charge in [0.05, 0.1) is 6.10 Å². The maximum Gasteiger partial charge on any atom is 0.0696 e. The fourth-order valence-electron chi connectivity index (χ4n) is 4.06. The topological polar surface area (TPSA) is 46.2 Å². The van der Waals surface area contributed by atoms with Crippen LogP contribution in [0.2, 0.25) is 0 Å². The van der Waals surface area contributed by atoms with Gasteiger partial charge in [-0.25, -0.2) is 0 Å². The van der Waals surface area contributed by atoms with Crippen molar-refractivity contribution in [2.45, 2.75) is 32.3 Å². The van der Waals surface area contributed by atoms with Crippen molar-refractivity contribution in [2.75, 3.05) is 6.54 Å². The van der Waals surface area contributed by atoms with Gasteiger partial charge in [-0.05, 0) is 54.8 Å². The highest BCUT2D eigenvalue weighted by Crippen LogP contribution is 2.64. The molecule has 0 amide bonds. The number of rotatable bonds is 2. The third kappa shape index (κ3) is 1.24. The summed E-state index contributed by atoms with van der Waals surface area (Å²) >= 11 is 0. The smallest absolute Gasteiger partial charge is 0.0696 e. The van der Waals surface area contributed by atoms with E-state index >= 15 is 0 Å². The maximum absolute atomic E-state index is 9.78. The van der Waals surface area contributed by atoms with Crippen LogP contribution in [0.3, 0.4) is 0 Å². The Morgan fingerprint density at radius 2 is 1.86 bits per heavy atom. The standard InChI is InChI=1S/C12H21NO/c1-6-2-9-10(4-7-3-8(6)7)12(9)11(14)5-13/h6-12,14H,2-5,13H2,1H3/t6-,7?,8?,9+,10?,11?,12?/m1/s1. The Hall–Kier alpha value is -0.0800. The molecular weight excluding hydrogens is 174 g/mol. The van der Waals surface area contributed by atoms with Crippen LogP contribution >= 0.6 is 0 Å². The van der Waals surface area contributed by atoms with E-state index < -0.39 is 0 Å². The van der Waals surface area contributed by atoms with Crippen LogP contribution in [0.5, 0.6) is 0 Å². The third-order valence-corrected chi connectivity index (χ3v) is 5.01. The first-order chi connectivity index (χ1) is 6.72. The average Bonchev–Trinajstić information content (AvgIpc) is 3.01. The second-order valence-electron chi connectivity index (χ2n) is 5.82. The van der Waals surface area contributed by atoms with Gasteiger partial charge >= 0.3 is 0 Å². The van der Waals surface area contributed by atoms with Crippen LogP contribution in [0.25, 0.3) is 0 Å². The Balaban J connectivity index is 1.67. The Labute approximate surface area is 85.9 Å². The fourth-order valence-corrected chi connectivity index (χ4v) is 4.06. The molecule has 7 atom stereocenters. The summed E-state index contributed by atoms with van der Waals surface area (Å²) in [6.07, 6.45) is 4.00. The molecule has 0 spiro atoms. The molecule has 3 aliphatic rings. The molecule has 0 aromatic heterocycles. The number of hydrogen-bond donors (Lipinski definition) is 2. The molecule has 5 unspecified atom stereocenters. The predicted octanol–water partition coefficient (Wildman–Crippen LogP) is 1.23. The van der Waals surface area contributed by atoms with E-state index in [1.165, 1.54) is 19.3 Å². The fraction of sp³-hybridized carbons (Fsp3) is 1.00. The molecule has 3 rings (SSSR count). The van der Waals surface area contributed by atoms with Gasteiger partial charge in [0, 0.05) is 6.54 Å². The molecular formula is C12H21NO. The molecule has 0 saturated heterocycles. The third-order valence-electron chi connectivity index (χ3n) is 5.01. The zero-order valence-electron chi connectivity index (χ0n) is 8.89. The molecule has 0 bridgehead atoms. The minimum atomic E-state index is -0.215. The number of hydrogen-bond acceptors (Lipinski definition) is 2. The molecule has 2 nitrogen and oxygen atoms in total. The highest BCUT2D eigenvalue weighted by molar-refractivity contribution is 5.08. The monoisotopic (exact) mass is 195 g/mol. The first-order valence-electron chi connectivity index (χ1n) is 6.10. The van der Waals surface area contributed by atoms with E-state index in [9.17, 15) is 5.11 Å². The Bertz CT molecular complexity index is 238. The van der Waals surface area contributed by atoms with Crippen molar-refractivity contribution in [2.24, 2.45) is 41.2 Å². The second-order valence-corrected chi connectivity index (χ2v) is 5.82. The SMILES string of the molecule is C[C@@H]1C[C@H]2C(CC3CC31)C2C(O)CN. The number of nitrogens with two attached hydrogens (primary N) is 1. The highest BCUT2D eigenvalue weighted by atomic mass is 16.3. The molecule has 0 heterocycles. The van der Waals surface area contributed by atoms with Crippen molar-refractivity contribution in [3.8, 4) is 0 Å². The summed E-state index contributed by atoms with van der Waals surface area (Å²) in [6.45, 7) is 2.86. The van der Waals surface area contributed by atoms with Crippen LogP contribution in [0.1, 0.15) is 26.2 Å². The van der Waals surface area contributed by atoms with Gasteiger partial charge in [-0.15, -0.1) is 0 Å². The second kappa shape index (κ2) is 2.96. The van der Waals surface area contributed by atoms with Crippen molar-refractivity contribution >= 4 is 0 Å². The lowest BCUT2D eigenvalue weighted by molar-refractivity contribution is 0.143. The van der Waals surface area contributed by atoms with E-state index in [4.69, 9.17) is 5.73 Å². The van der Waals surface area contributed by atoms with Crippen molar-refractivity contribution in [3.05, 3.63) is 0 Å². The van der Waals surface area contributed by atoms with Crippen LogP contribution in [0.4, 0.5) is 0 Å². The Morgan fingerprint density at radius 3 is 2.57 bits per heavy atom. The van der Waals surface area contributed by atoms with E-state index in [2.05, 4.69) is 6.92 Å². The van der Waals surface area contributed by atoms with Gasteiger partial charge in [-0.3, -0.25) is 0 Å². The molecule has 0 aromatic rings. The summed E-state index contributed by atoms with van der Waals surface area (Å²) in [6, 6.07) is 0.